The van der Waals surface area contributed by atoms with Crippen molar-refractivity contribution in [2.24, 2.45) is 0 Å². The maximum absolute atomic E-state index is 10.1. The number of piperazine rings is 1. The molecule has 1 fully saturated rings. The minimum absolute atomic E-state index is 0.0922. The number of anilines is 1. The van der Waals surface area contributed by atoms with E-state index in [1.54, 1.807) is 12.3 Å². The van der Waals surface area contributed by atoms with Crippen molar-refractivity contribution < 1.29 is 5.11 Å². The second-order valence-electron chi connectivity index (χ2n) is 8.41. The van der Waals surface area contributed by atoms with Crippen LogP contribution in [0.1, 0.15) is 23.6 Å². The van der Waals surface area contributed by atoms with Crippen LogP contribution in [-0.2, 0) is 13.0 Å². The average molecular weight is 439 g/mol. The summed E-state index contributed by atoms with van der Waals surface area (Å²) in [5.41, 5.74) is 5.45. The monoisotopic (exact) mass is 438 g/mol. The Kier molecular flexibility index (Phi) is 5.68. The first kappa shape index (κ1) is 21.0. The Morgan fingerprint density at radius 1 is 1.00 bits per heavy atom. The Balaban J connectivity index is 1.28. The topological polar surface area (TPSA) is 80.7 Å². The summed E-state index contributed by atoms with van der Waals surface area (Å²) < 4.78 is 1.53. The lowest BCUT2D eigenvalue weighted by atomic mass is 10.1. The summed E-state index contributed by atoms with van der Waals surface area (Å²) in [4.78, 5) is 9.48. The highest BCUT2D eigenvalue weighted by molar-refractivity contribution is 5.85. The van der Waals surface area contributed by atoms with Crippen LogP contribution in [0.4, 0.5) is 5.82 Å². The van der Waals surface area contributed by atoms with Crippen LogP contribution < -0.4 is 4.90 Å². The van der Waals surface area contributed by atoms with Crippen LogP contribution >= 0.6 is 0 Å². The summed E-state index contributed by atoms with van der Waals surface area (Å²) >= 11 is 0. The molecule has 3 aromatic heterocycles. The van der Waals surface area contributed by atoms with E-state index in [1.165, 1.54) is 28.0 Å². The van der Waals surface area contributed by atoms with Gasteiger partial charge in [-0.1, -0.05) is 31.2 Å². The molecule has 0 aliphatic carbocycles. The van der Waals surface area contributed by atoms with Crippen molar-refractivity contribution in [2.45, 2.75) is 19.9 Å². The molecule has 0 bridgehead atoms. The summed E-state index contributed by atoms with van der Waals surface area (Å²) in [5.74, 6) is 1.03. The molecule has 1 aliphatic rings. The van der Waals surface area contributed by atoms with Crippen LogP contribution in [-0.4, -0.2) is 50.8 Å². The molecule has 4 aromatic rings. The molecule has 1 saturated heterocycles. The van der Waals surface area contributed by atoms with Crippen LogP contribution in [0, 0.1) is 11.3 Å². The number of pyridine rings is 2. The molecule has 1 N–H and O–H groups in total. The van der Waals surface area contributed by atoms with Gasteiger partial charge in [-0.3, -0.25) is 4.90 Å². The van der Waals surface area contributed by atoms with Gasteiger partial charge in [0.25, 0.3) is 0 Å². The first-order chi connectivity index (χ1) is 16.1. The Hall–Kier alpha value is -3.89. The summed E-state index contributed by atoms with van der Waals surface area (Å²) in [5, 5.41) is 23.7. The number of nitrogens with zero attached hydrogens (tertiary/aromatic N) is 6. The van der Waals surface area contributed by atoms with Crippen molar-refractivity contribution >= 4 is 11.3 Å². The molecule has 166 valence electrons. The molecule has 1 aromatic carbocycles. The van der Waals surface area contributed by atoms with Crippen LogP contribution in [0.5, 0.6) is 5.75 Å². The molecular formula is C26H26N6O. The lowest BCUT2D eigenvalue weighted by molar-refractivity contribution is 0.249. The number of benzene rings is 1. The molecule has 0 radical (unpaired) electrons. The van der Waals surface area contributed by atoms with Gasteiger partial charge in [-0.2, -0.15) is 10.4 Å². The number of rotatable bonds is 5. The standard InChI is InChI=1S/C26H26N6O/c1-2-19-3-5-20(6-4-19)17-30-9-11-31(12-10-30)25-8-7-21(15-28-25)24-13-23(33)18-32-26(24)22(14-27)16-29-32/h3-8,13,15-16,18,33H,2,9-12,17H2,1H3. The van der Waals surface area contributed by atoms with Crippen molar-refractivity contribution in [1.82, 2.24) is 19.5 Å². The van der Waals surface area contributed by atoms with Crippen molar-refractivity contribution in [3.8, 4) is 22.9 Å². The fraction of sp³-hybridized carbons (Fsp3) is 0.269. The minimum atomic E-state index is 0.0922. The number of aromatic hydroxyl groups is 1. The Bertz CT molecular complexity index is 1300. The fourth-order valence-corrected chi connectivity index (χ4v) is 4.42. The Labute approximate surface area is 193 Å². The van der Waals surface area contributed by atoms with E-state index >= 15 is 0 Å². The molecule has 0 atom stereocenters. The van der Waals surface area contributed by atoms with E-state index in [0.29, 0.717) is 11.1 Å². The number of aromatic nitrogens is 3. The molecule has 7 heteroatoms. The molecule has 1 aliphatic heterocycles. The van der Waals surface area contributed by atoms with E-state index in [4.69, 9.17) is 4.98 Å². The van der Waals surface area contributed by atoms with Gasteiger partial charge in [-0.25, -0.2) is 9.50 Å². The first-order valence-electron chi connectivity index (χ1n) is 11.3. The second kappa shape index (κ2) is 8.93. The van der Waals surface area contributed by atoms with E-state index in [-0.39, 0.29) is 5.75 Å². The number of aryl methyl sites for hydroxylation is 1. The van der Waals surface area contributed by atoms with Crippen LogP contribution in [0.15, 0.2) is 61.1 Å². The molecule has 5 rings (SSSR count). The number of fused-ring (bicyclic) bond motifs is 1. The van der Waals surface area contributed by atoms with Crippen molar-refractivity contribution in [1.29, 1.82) is 5.26 Å². The normalized spacial score (nSPS) is 14.5. The van der Waals surface area contributed by atoms with Gasteiger partial charge in [0.15, 0.2) is 0 Å². The van der Waals surface area contributed by atoms with Crippen molar-refractivity contribution in [3.63, 3.8) is 0 Å². The van der Waals surface area contributed by atoms with Crippen LogP contribution in [0.25, 0.3) is 16.6 Å². The van der Waals surface area contributed by atoms with Crippen molar-refractivity contribution in [2.75, 3.05) is 31.1 Å². The Morgan fingerprint density at radius 2 is 1.76 bits per heavy atom. The molecule has 4 heterocycles. The predicted molar refractivity (Wildman–Crippen MR) is 128 cm³/mol. The lowest BCUT2D eigenvalue weighted by Gasteiger charge is -2.35. The molecule has 7 nitrogen and oxygen atoms in total. The molecular weight excluding hydrogens is 412 g/mol. The minimum Gasteiger partial charge on any atom is -0.506 e. The van der Waals surface area contributed by atoms with Gasteiger partial charge >= 0.3 is 0 Å². The molecule has 0 amide bonds. The third-order valence-corrected chi connectivity index (χ3v) is 6.31. The maximum atomic E-state index is 10.1. The van der Waals surface area contributed by atoms with Crippen LogP contribution in [0.2, 0.25) is 0 Å². The van der Waals surface area contributed by atoms with E-state index in [2.05, 4.69) is 52.2 Å². The SMILES string of the molecule is CCc1ccc(CN2CCN(c3ccc(-c4cc(O)cn5ncc(C#N)c45)cn3)CC2)cc1. The first-order valence-corrected chi connectivity index (χ1v) is 11.3. The van der Waals surface area contributed by atoms with Gasteiger partial charge in [0, 0.05) is 50.0 Å². The Morgan fingerprint density at radius 3 is 2.42 bits per heavy atom. The number of nitriles is 1. The number of hydrogen-bond donors (Lipinski definition) is 1. The van der Waals surface area contributed by atoms with Gasteiger partial charge < -0.3 is 10.0 Å². The molecule has 0 spiro atoms. The smallest absolute Gasteiger partial charge is 0.134 e. The molecule has 33 heavy (non-hydrogen) atoms. The third kappa shape index (κ3) is 4.26. The van der Waals surface area contributed by atoms with Gasteiger partial charge in [0.2, 0.25) is 0 Å². The highest BCUT2D eigenvalue weighted by Gasteiger charge is 2.19. The summed E-state index contributed by atoms with van der Waals surface area (Å²) in [6.45, 7) is 7.00. The highest BCUT2D eigenvalue weighted by Crippen LogP contribution is 2.30. The van der Waals surface area contributed by atoms with E-state index in [9.17, 15) is 10.4 Å². The van der Waals surface area contributed by atoms with Gasteiger partial charge in [0.1, 0.15) is 17.6 Å². The second-order valence-corrected chi connectivity index (χ2v) is 8.41. The van der Waals surface area contributed by atoms with Crippen molar-refractivity contribution in [3.05, 3.63) is 77.7 Å². The molecule has 0 saturated carbocycles. The fourth-order valence-electron chi connectivity index (χ4n) is 4.42. The quantitative estimate of drug-likeness (QED) is 0.510. The average Bonchev–Trinajstić information content (AvgIpc) is 3.27. The lowest BCUT2D eigenvalue weighted by Crippen LogP contribution is -2.46. The van der Waals surface area contributed by atoms with Crippen LogP contribution in [0.3, 0.4) is 0 Å². The van der Waals surface area contributed by atoms with E-state index < -0.39 is 0 Å². The zero-order valence-electron chi connectivity index (χ0n) is 18.6. The summed E-state index contributed by atoms with van der Waals surface area (Å²) in [6, 6.07) is 16.8. The number of hydrogen-bond acceptors (Lipinski definition) is 6. The van der Waals surface area contributed by atoms with E-state index in [0.717, 1.165) is 56.1 Å². The third-order valence-electron chi connectivity index (χ3n) is 6.31. The van der Waals surface area contributed by atoms with Gasteiger partial charge in [0.05, 0.1) is 23.5 Å². The van der Waals surface area contributed by atoms with Gasteiger partial charge in [-0.15, -0.1) is 0 Å². The zero-order chi connectivity index (χ0) is 22.8. The van der Waals surface area contributed by atoms with Gasteiger partial charge in [-0.05, 0) is 35.7 Å². The largest absolute Gasteiger partial charge is 0.506 e. The maximum Gasteiger partial charge on any atom is 0.134 e. The highest BCUT2D eigenvalue weighted by atomic mass is 16.3. The summed E-state index contributed by atoms with van der Waals surface area (Å²) in [6.07, 6.45) is 5.89. The zero-order valence-corrected chi connectivity index (χ0v) is 18.6. The predicted octanol–water partition coefficient (Wildman–Crippen LogP) is 3.86. The summed E-state index contributed by atoms with van der Waals surface area (Å²) in [7, 11) is 0. The molecule has 0 unspecified atom stereocenters. The van der Waals surface area contributed by atoms with E-state index in [1.807, 2.05) is 12.1 Å².